The summed E-state index contributed by atoms with van der Waals surface area (Å²) in [6.45, 7) is 2.29. The Morgan fingerprint density at radius 1 is 1.11 bits per heavy atom. The lowest BCUT2D eigenvalue weighted by Gasteiger charge is -2.10. The number of ether oxygens (including phenoxy) is 2. The minimum absolute atomic E-state index is 0.137. The first-order chi connectivity index (χ1) is 13.0. The van der Waals surface area contributed by atoms with E-state index in [0.717, 1.165) is 11.1 Å². The highest BCUT2D eigenvalue weighted by Gasteiger charge is 2.08. The summed E-state index contributed by atoms with van der Waals surface area (Å²) in [6, 6.07) is 14.6. The largest absolute Gasteiger partial charge is 0.477 e. The first kappa shape index (κ1) is 19.0. The van der Waals surface area contributed by atoms with Crippen molar-refractivity contribution >= 4 is 23.2 Å². The van der Waals surface area contributed by atoms with E-state index in [0.29, 0.717) is 41.0 Å². The maximum Gasteiger partial charge on any atom is 0.225 e. The van der Waals surface area contributed by atoms with Crippen LogP contribution in [0.15, 0.2) is 48.7 Å². The van der Waals surface area contributed by atoms with Crippen molar-refractivity contribution in [3.63, 3.8) is 0 Å². The van der Waals surface area contributed by atoms with Gasteiger partial charge in [-0.1, -0.05) is 17.7 Å². The van der Waals surface area contributed by atoms with Gasteiger partial charge in [-0.15, -0.1) is 0 Å². The van der Waals surface area contributed by atoms with Crippen LogP contribution >= 0.6 is 23.2 Å². The number of hydrogen-bond acceptors (Lipinski definition) is 5. The van der Waals surface area contributed by atoms with Crippen LogP contribution in [0, 0.1) is 18.3 Å². The summed E-state index contributed by atoms with van der Waals surface area (Å²) in [4.78, 5) is 7.76. The van der Waals surface area contributed by atoms with E-state index in [2.05, 4.69) is 16.0 Å². The molecular weight excluding hydrogens is 385 g/mol. The lowest BCUT2D eigenvalue weighted by Crippen LogP contribution is -2.03. The summed E-state index contributed by atoms with van der Waals surface area (Å²) < 4.78 is 11.4. The zero-order chi connectivity index (χ0) is 19.2. The highest BCUT2D eigenvalue weighted by molar-refractivity contribution is 6.31. The molecule has 5 nitrogen and oxygen atoms in total. The molecule has 7 heteroatoms. The van der Waals surface area contributed by atoms with E-state index in [1.807, 2.05) is 19.1 Å². The number of benzene rings is 2. The molecule has 0 saturated heterocycles. The van der Waals surface area contributed by atoms with Gasteiger partial charge in [-0.2, -0.15) is 10.2 Å². The number of halogens is 2. The monoisotopic (exact) mass is 399 g/mol. The normalized spacial score (nSPS) is 10.3. The van der Waals surface area contributed by atoms with Gasteiger partial charge >= 0.3 is 0 Å². The first-order valence-corrected chi connectivity index (χ1v) is 8.89. The Morgan fingerprint density at radius 2 is 1.96 bits per heavy atom. The fraction of sp³-hybridized carbons (Fsp3) is 0.150. The van der Waals surface area contributed by atoms with Crippen LogP contribution in [-0.4, -0.2) is 16.6 Å². The second-order valence-electron chi connectivity index (χ2n) is 5.72. The predicted molar refractivity (Wildman–Crippen MR) is 104 cm³/mol. The van der Waals surface area contributed by atoms with Crippen molar-refractivity contribution in [2.45, 2.75) is 13.3 Å². The second kappa shape index (κ2) is 8.72. The molecule has 0 fully saturated rings. The van der Waals surface area contributed by atoms with Gasteiger partial charge in [-0.3, -0.25) is 0 Å². The first-order valence-electron chi connectivity index (χ1n) is 8.13. The van der Waals surface area contributed by atoms with Crippen LogP contribution < -0.4 is 9.47 Å². The molecule has 3 rings (SSSR count). The van der Waals surface area contributed by atoms with Crippen LogP contribution in [0.2, 0.25) is 10.3 Å². The lowest BCUT2D eigenvalue weighted by molar-refractivity contribution is 0.309. The molecule has 3 aromatic rings. The lowest BCUT2D eigenvalue weighted by atomic mass is 10.1. The molecule has 0 atom stereocenters. The van der Waals surface area contributed by atoms with E-state index in [4.69, 9.17) is 32.7 Å². The van der Waals surface area contributed by atoms with Crippen molar-refractivity contribution in [2.75, 3.05) is 6.61 Å². The smallest absolute Gasteiger partial charge is 0.225 e. The standard InChI is InChI=1S/C20H15Cl2N3O2/c1-13-10-16(3-4-17(13)21)27-18-5-2-14(11-15(18)12-23)7-9-26-19-6-8-24-20(22)25-19/h2-6,8,10-11H,7,9H2,1H3. The molecule has 0 N–H and O–H groups in total. The van der Waals surface area contributed by atoms with E-state index in [-0.39, 0.29) is 5.28 Å². The van der Waals surface area contributed by atoms with E-state index >= 15 is 0 Å². The molecular formula is C20H15Cl2N3O2. The third-order valence-corrected chi connectivity index (χ3v) is 4.37. The molecule has 0 bridgehead atoms. The van der Waals surface area contributed by atoms with Crippen molar-refractivity contribution in [1.29, 1.82) is 5.26 Å². The molecule has 0 aliphatic carbocycles. The SMILES string of the molecule is Cc1cc(Oc2ccc(CCOc3ccnc(Cl)n3)cc2C#N)ccc1Cl. The second-order valence-corrected chi connectivity index (χ2v) is 6.46. The highest BCUT2D eigenvalue weighted by atomic mass is 35.5. The van der Waals surface area contributed by atoms with Crippen LogP contribution in [0.3, 0.4) is 0 Å². The van der Waals surface area contributed by atoms with E-state index in [1.54, 1.807) is 30.3 Å². The van der Waals surface area contributed by atoms with Crippen LogP contribution in [0.5, 0.6) is 17.4 Å². The Bertz CT molecular complexity index is 1000. The van der Waals surface area contributed by atoms with Crippen molar-refractivity contribution in [2.24, 2.45) is 0 Å². The number of aromatic nitrogens is 2. The van der Waals surface area contributed by atoms with Gasteiger partial charge in [0.05, 0.1) is 12.2 Å². The number of nitrogens with zero attached hydrogens (tertiary/aromatic N) is 3. The third kappa shape index (κ3) is 5.10. The molecule has 0 aliphatic rings. The molecule has 1 aromatic heterocycles. The fourth-order valence-electron chi connectivity index (χ4n) is 2.39. The van der Waals surface area contributed by atoms with Crippen LogP contribution in [0.1, 0.15) is 16.7 Å². The number of hydrogen-bond donors (Lipinski definition) is 0. The van der Waals surface area contributed by atoms with Gasteiger partial charge in [0.2, 0.25) is 11.2 Å². The molecule has 0 spiro atoms. The average molecular weight is 400 g/mol. The quantitative estimate of drug-likeness (QED) is 0.520. The van der Waals surface area contributed by atoms with E-state index < -0.39 is 0 Å². The molecule has 0 aliphatic heterocycles. The molecule has 136 valence electrons. The number of rotatable bonds is 6. The summed E-state index contributed by atoms with van der Waals surface area (Å²) in [5.74, 6) is 1.53. The minimum Gasteiger partial charge on any atom is -0.477 e. The van der Waals surface area contributed by atoms with Gasteiger partial charge in [0, 0.05) is 23.7 Å². The van der Waals surface area contributed by atoms with Gasteiger partial charge in [0.1, 0.15) is 17.6 Å². The summed E-state index contributed by atoms with van der Waals surface area (Å²) >= 11 is 11.8. The molecule has 27 heavy (non-hydrogen) atoms. The van der Waals surface area contributed by atoms with Gasteiger partial charge in [0.15, 0.2) is 0 Å². The topological polar surface area (TPSA) is 68.0 Å². The highest BCUT2D eigenvalue weighted by Crippen LogP contribution is 2.28. The van der Waals surface area contributed by atoms with E-state index in [9.17, 15) is 5.26 Å². The minimum atomic E-state index is 0.137. The number of nitriles is 1. The molecule has 1 heterocycles. The molecule has 0 unspecified atom stereocenters. The Labute approximate surface area is 167 Å². The summed E-state index contributed by atoms with van der Waals surface area (Å²) in [7, 11) is 0. The Hall–Kier alpha value is -2.81. The summed E-state index contributed by atoms with van der Waals surface area (Å²) in [5, 5.41) is 10.2. The Balaban J connectivity index is 1.66. The van der Waals surface area contributed by atoms with Gasteiger partial charge in [0.25, 0.3) is 0 Å². The zero-order valence-corrected chi connectivity index (χ0v) is 16.0. The van der Waals surface area contributed by atoms with Crippen molar-refractivity contribution in [1.82, 2.24) is 9.97 Å². The zero-order valence-electron chi connectivity index (χ0n) is 14.4. The number of aryl methyl sites for hydroxylation is 1. The Kier molecular flexibility index (Phi) is 6.12. The van der Waals surface area contributed by atoms with Crippen LogP contribution in [0.4, 0.5) is 0 Å². The molecule has 2 aromatic carbocycles. The summed E-state index contributed by atoms with van der Waals surface area (Å²) in [5.41, 5.74) is 2.31. The maximum atomic E-state index is 9.44. The Morgan fingerprint density at radius 3 is 2.70 bits per heavy atom. The van der Waals surface area contributed by atoms with Crippen LogP contribution in [0.25, 0.3) is 0 Å². The van der Waals surface area contributed by atoms with Crippen molar-refractivity contribution < 1.29 is 9.47 Å². The fourth-order valence-corrected chi connectivity index (χ4v) is 2.65. The van der Waals surface area contributed by atoms with Gasteiger partial charge in [-0.05, 0) is 60.0 Å². The van der Waals surface area contributed by atoms with Crippen LogP contribution in [-0.2, 0) is 6.42 Å². The van der Waals surface area contributed by atoms with Gasteiger partial charge < -0.3 is 9.47 Å². The van der Waals surface area contributed by atoms with Gasteiger partial charge in [-0.25, -0.2) is 4.98 Å². The van der Waals surface area contributed by atoms with E-state index in [1.165, 1.54) is 6.20 Å². The average Bonchev–Trinajstić information content (AvgIpc) is 2.66. The molecule has 0 radical (unpaired) electrons. The summed E-state index contributed by atoms with van der Waals surface area (Å²) in [6.07, 6.45) is 2.14. The van der Waals surface area contributed by atoms with Crippen molar-refractivity contribution in [3.8, 4) is 23.4 Å². The molecule has 0 saturated carbocycles. The maximum absolute atomic E-state index is 9.44. The third-order valence-electron chi connectivity index (χ3n) is 3.76. The predicted octanol–water partition coefficient (Wildman–Crippen LogP) is 5.38. The molecule has 0 amide bonds. The van der Waals surface area contributed by atoms with Crippen molar-refractivity contribution in [3.05, 3.63) is 75.7 Å².